The molecule has 1 heterocycles. The van der Waals surface area contributed by atoms with Gasteiger partial charge in [0, 0.05) is 12.3 Å². The first-order valence-electron chi connectivity index (χ1n) is 3.37. The highest BCUT2D eigenvalue weighted by Gasteiger charge is 2.12. The Bertz CT molecular complexity index is 263. The number of ether oxygens (including phenoxy) is 1. The smallest absolute Gasteiger partial charge is 0.344 e. The Morgan fingerprint density at radius 2 is 2.50 bits per heavy atom. The summed E-state index contributed by atoms with van der Waals surface area (Å²) in [5, 5.41) is 15.6. The third-order valence-electron chi connectivity index (χ3n) is 1.19. The minimum Gasteiger partial charge on any atom is -0.479 e. The molecule has 5 nitrogen and oxygen atoms in total. The fourth-order valence-corrected chi connectivity index (χ4v) is 0.582. The van der Waals surface area contributed by atoms with Crippen LogP contribution in [0.1, 0.15) is 6.92 Å². The molecule has 1 aromatic rings. The van der Waals surface area contributed by atoms with E-state index in [2.05, 4.69) is 10.2 Å². The third-order valence-corrected chi connectivity index (χ3v) is 1.19. The SMILES string of the molecule is CC(Oc1cccnn1)C(=O)O. The molecule has 0 fully saturated rings. The van der Waals surface area contributed by atoms with Crippen LogP contribution in [0.25, 0.3) is 0 Å². The highest BCUT2D eigenvalue weighted by Crippen LogP contribution is 2.04. The van der Waals surface area contributed by atoms with E-state index in [4.69, 9.17) is 9.84 Å². The van der Waals surface area contributed by atoms with Gasteiger partial charge in [0.15, 0.2) is 6.10 Å². The van der Waals surface area contributed by atoms with E-state index in [1.165, 1.54) is 13.1 Å². The van der Waals surface area contributed by atoms with Crippen molar-refractivity contribution in [2.45, 2.75) is 13.0 Å². The summed E-state index contributed by atoms with van der Waals surface area (Å²) in [7, 11) is 0. The normalized spacial score (nSPS) is 12.1. The van der Waals surface area contributed by atoms with E-state index in [1.807, 2.05) is 0 Å². The van der Waals surface area contributed by atoms with Crippen LogP contribution in [-0.2, 0) is 4.79 Å². The third kappa shape index (κ3) is 2.19. The van der Waals surface area contributed by atoms with Crippen LogP contribution in [-0.4, -0.2) is 27.4 Å². The van der Waals surface area contributed by atoms with Crippen molar-refractivity contribution in [3.8, 4) is 5.88 Å². The molecule has 0 saturated heterocycles. The first-order valence-corrected chi connectivity index (χ1v) is 3.37. The molecular weight excluding hydrogens is 160 g/mol. The van der Waals surface area contributed by atoms with Crippen molar-refractivity contribution in [3.63, 3.8) is 0 Å². The number of hydrogen-bond acceptors (Lipinski definition) is 4. The van der Waals surface area contributed by atoms with Gasteiger partial charge in [0.2, 0.25) is 5.88 Å². The molecule has 0 aliphatic heterocycles. The molecule has 0 amide bonds. The van der Waals surface area contributed by atoms with Gasteiger partial charge in [-0.2, -0.15) is 5.10 Å². The van der Waals surface area contributed by atoms with Crippen LogP contribution < -0.4 is 4.74 Å². The lowest BCUT2D eigenvalue weighted by Crippen LogP contribution is -2.23. The summed E-state index contributed by atoms with van der Waals surface area (Å²) < 4.78 is 4.90. The molecule has 0 aromatic carbocycles. The molecule has 64 valence electrons. The van der Waals surface area contributed by atoms with Crippen molar-refractivity contribution in [1.29, 1.82) is 0 Å². The zero-order valence-electron chi connectivity index (χ0n) is 6.47. The summed E-state index contributed by atoms with van der Waals surface area (Å²) in [5.74, 6) is -0.812. The fraction of sp³-hybridized carbons (Fsp3) is 0.286. The second-order valence-corrected chi connectivity index (χ2v) is 2.16. The van der Waals surface area contributed by atoms with Gasteiger partial charge in [-0.3, -0.25) is 0 Å². The summed E-state index contributed by atoms with van der Waals surface area (Å²) in [6.07, 6.45) is 0.583. The first kappa shape index (κ1) is 8.45. The van der Waals surface area contributed by atoms with E-state index in [1.54, 1.807) is 12.1 Å². The van der Waals surface area contributed by atoms with Gasteiger partial charge in [-0.05, 0) is 13.0 Å². The number of carboxylic acid groups (broad SMARTS) is 1. The van der Waals surface area contributed by atoms with Crippen molar-refractivity contribution in [2.24, 2.45) is 0 Å². The molecule has 5 heteroatoms. The molecule has 12 heavy (non-hydrogen) atoms. The Kier molecular flexibility index (Phi) is 2.57. The van der Waals surface area contributed by atoms with E-state index in [0.29, 0.717) is 0 Å². The number of nitrogens with zero attached hydrogens (tertiary/aromatic N) is 2. The lowest BCUT2D eigenvalue weighted by Gasteiger charge is -2.07. The average Bonchev–Trinajstić information content (AvgIpc) is 2.06. The Balaban J connectivity index is 2.58. The Morgan fingerprint density at radius 1 is 1.75 bits per heavy atom. The summed E-state index contributed by atoms with van der Waals surface area (Å²) in [6, 6.07) is 3.17. The number of carboxylic acids is 1. The summed E-state index contributed by atoms with van der Waals surface area (Å²) in [6.45, 7) is 1.43. The topological polar surface area (TPSA) is 72.3 Å². The number of aromatic nitrogens is 2. The number of carbonyl (C=O) groups is 1. The molecule has 1 unspecified atom stereocenters. The number of hydrogen-bond donors (Lipinski definition) is 1. The molecule has 0 bridgehead atoms. The van der Waals surface area contributed by atoms with Gasteiger partial charge >= 0.3 is 5.97 Å². The van der Waals surface area contributed by atoms with E-state index in [9.17, 15) is 4.79 Å². The fourth-order valence-electron chi connectivity index (χ4n) is 0.582. The van der Waals surface area contributed by atoms with Crippen LogP contribution in [0.2, 0.25) is 0 Å². The molecular formula is C7H8N2O3. The van der Waals surface area contributed by atoms with Crippen LogP contribution in [0.15, 0.2) is 18.3 Å². The highest BCUT2D eigenvalue weighted by molar-refractivity contribution is 5.72. The predicted molar refractivity (Wildman–Crippen MR) is 39.8 cm³/mol. The average molecular weight is 168 g/mol. The quantitative estimate of drug-likeness (QED) is 0.704. The largest absolute Gasteiger partial charge is 0.479 e. The Morgan fingerprint density at radius 3 is 3.00 bits per heavy atom. The minimum absolute atomic E-state index is 0.215. The monoisotopic (exact) mass is 168 g/mol. The standard InChI is InChI=1S/C7H8N2O3/c1-5(7(10)11)12-6-3-2-4-8-9-6/h2-5H,1H3,(H,10,11). The van der Waals surface area contributed by atoms with Gasteiger partial charge in [0.05, 0.1) is 0 Å². The van der Waals surface area contributed by atoms with Gasteiger partial charge in [-0.15, -0.1) is 5.10 Å². The van der Waals surface area contributed by atoms with Crippen LogP contribution in [0.4, 0.5) is 0 Å². The maximum absolute atomic E-state index is 10.3. The molecule has 1 rings (SSSR count). The van der Waals surface area contributed by atoms with E-state index >= 15 is 0 Å². The lowest BCUT2D eigenvalue weighted by atomic mass is 10.4. The zero-order valence-corrected chi connectivity index (χ0v) is 6.47. The predicted octanol–water partition coefficient (Wildman–Crippen LogP) is 0.328. The maximum atomic E-state index is 10.3. The van der Waals surface area contributed by atoms with E-state index in [0.717, 1.165) is 0 Å². The van der Waals surface area contributed by atoms with Gasteiger partial charge < -0.3 is 9.84 Å². The van der Waals surface area contributed by atoms with Crippen molar-refractivity contribution in [2.75, 3.05) is 0 Å². The summed E-state index contributed by atoms with van der Waals surface area (Å²) >= 11 is 0. The van der Waals surface area contributed by atoms with Crippen molar-refractivity contribution in [1.82, 2.24) is 10.2 Å². The van der Waals surface area contributed by atoms with Crippen LogP contribution in [0.5, 0.6) is 5.88 Å². The van der Waals surface area contributed by atoms with Crippen molar-refractivity contribution >= 4 is 5.97 Å². The van der Waals surface area contributed by atoms with E-state index < -0.39 is 12.1 Å². The maximum Gasteiger partial charge on any atom is 0.344 e. The molecule has 0 spiro atoms. The molecule has 0 saturated carbocycles. The number of aliphatic carboxylic acids is 1. The molecule has 1 aromatic heterocycles. The Hall–Kier alpha value is -1.65. The first-order chi connectivity index (χ1) is 5.70. The Labute approximate surface area is 69.0 Å². The molecule has 1 N–H and O–H groups in total. The molecule has 0 aliphatic rings. The zero-order chi connectivity index (χ0) is 8.97. The molecule has 1 atom stereocenters. The highest BCUT2D eigenvalue weighted by atomic mass is 16.5. The van der Waals surface area contributed by atoms with Gasteiger partial charge in [-0.1, -0.05) is 0 Å². The van der Waals surface area contributed by atoms with Crippen LogP contribution >= 0.6 is 0 Å². The van der Waals surface area contributed by atoms with Gasteiger partial charge in [0.25, 0.3) is 0 Å². The van der Waals surface area contributed by atoms with Crippen LogP contribution in [0.3, 0.4) is 0 Å². The van der Waals surface area contributed by atoms with E-state index in [-0.39, 0.29) is 5.88 Å². The van der Waals surface area contributed by atoms with Crippen molar-refractivity contribution < 1.29 is 14.6 Å². The molecule has 0 aliphatic carbocycles. The summed E-state index contributed by atoms with van der Waals surface area (Å²) in [5.41, 5.74) is 0. The second kappa shape index (κ2) is 3.66. The number of rotatable bonds is 3. The van der Waals surface area contributed by atoms with Crippen LogP contribution in [0, 0.1) is 0 Å². The lowest BCUT2D eigenvalue weighted by molar-refractivity contribution is -0.144. The molecule has 0 radical (unpaired) electrons. The van der Waals surface area contributed by atoms with Gasteiger partial charge in [0.1, 0.15) is 0 Å². The second-order valence-electron chi connectivity index (χ2n) is 2.16. The minimum atomic E-state index is -1.03. The van der Waals surface area contributed by atoms with Crippen molar-refractivity contribution in [3.05, 3.63) is 18.3 Å². The summed E-state index contributed by atoms with van der Waals surface area (Å²) in [4.78, 5) is 10.3. The van der Waals surface area contributed by atoms with Gasteiger partial charge in [-0.25, -0.2) is 4.79 Å².